The summed E-state index contributed by atoms with van der Waals surface area (Å²) in [6.45, 7) is 3.79. The molecule has 5 N–H and O–H groups in total. The lowest BCUT2D eigenvalue weighted by Gasteiger charge is -2.20. The van der Waals surface area contributed by atoms with Crippen molar-refractivity contribution in [1.82, 2.24) is 10.6 Å². The lowest BCUT2D eigenvalue weighted by Crippen LogP contribution is -2.49. The molecule has 23 heavy (non-hydrogen) atoms. The van der Waals surface area contributed by atoms with E-state index in [0.29, 0.717) is 18.8 Å². The smallest absolute Gasteiger partial charge is 0.326 e. The first-order valence-corrected chi connectivity index (χ1v) is 7.79. The molecule has 0 aromatic heterocycles. The van der Waals surface area contributed by atoms with Gasteiger partial charge in [0.25, 0.3) is 0 Å². The minimum absolute atomic E-state index is 0. The monoisotopic (exact) mass is 347 g/mol. The average molecular weight is 348 g/mol. The first kappa shape index (κ1) is 19.7. The molecule has 2 aliphatic rings. The summed E-state index contributed by atoms with van der Waals surface area (Å²) in [7, 11) is 0. The van der Waals surface area contributed by atoms with Crippen LogP contribution in [0, 0.1) is 11.8 Å². The number of nitrogens with two attached hydrogens (primary N) is 1. The number of nitrogens with one attached hydrogen (secondary N) is 2. The van der Waals surface area contributed by atoms with Crippen molar-refractivity contribution in [1.29, 1.82) is 0 Å². The molecule has 2 fully saturated rings. The molecule has 0 aromatic carbocycles. The van der Waals surface area contributed by atoms with Crippen molar-refractivity contribution in [3.05, 3.63) is 0 Å². The summed E-state index contributed by atoms with van der Waals surface area (Å²) in [6.07, 6.45) is 3.41. The highest BCUT2D eigenvalue weighted by Crippen LogP contribution is 2.33. The Kier molecular flexibility index (Phi) is 6.41. The molecule has 1 heterocycles. The van der Waals surface area contributed by atoms with Crippen molar-refractivity contribution in [2.24, 2.45) is 17.6 Å². The van der Waals surface area contributed by atoms with Gasteiger partial charge in [-0.3, -0.25) is 9.59 Å². The zero-order chi connectivity index (χ0) is 16.5. The average Bonchev–Trinajstić information content (AvgIpc) is 3.14. The Labute approximate surface area is 142 Å². The van der Waals surface area contributed by atoms with Crippen LogP contribution in [0.25, 0.3) is 0 Å². The molecule has 3 unspecified atom stereocenters. The summed E-state index contributed by atoms with van der Waals surface area (Å²) >= 11 is 0. The fraction of sp³-hybridized carbons (Fsp3) is 0.800. The van der Waals surface area contributed by atoms with Crippen LogP contribution in [0.15, 0.2) is 0 Å². The van der Waals surface area contributed by atoms with Gasteiger partial charge in [-0.2, -0.15) is 0 Å². The Morgan fingerprint density at radius 3 is 2.43 bits per heavy atom. The predicted molar refractivity (Wildman–Crippen MR) is 87.1 cm³/mol. The van der Waals surface area contributed by atoms with Gasteiger partial charge in [0.1, 0.15) is 6.04 Å². The van der Waals surface area contributed by atoms with Gasteiger partial charge in [0, 0.05) is 11.5 Å². The standard InChI is InChI=1S/C15H25N3O4.ClH/c1-15(2)7-9(12(19)18-15)6-11(14(21)22)17-13(20)10(16)5-8-3-4-8;/h8-11H,3-7,16H2,1-2H3,(H,17,20)(H,18,19)(H,21,22);1H. The molecule has 3 atom stereocenters. The third kappa shape index (κ3) is 5.66. The quantitative estimate of drug-likeness (QED) is 0.531. The van der Waals surface area contributed by atoms with Gasteiger partial charge in [-0.1, -0.05) is 12.8 Å². The Balaban J connectivity index is 0.00000264. The van der Waals surface area contributed by atoms with E-state index < -0.39 is 29.9 Å². The molecule has 8 heteroatoms. The number of carboxylic acid groups (broad SMARTS) is 1. The van der Waals surface area contributed by atoms with Crippen LogP contribution in [-0.2, 0) is 14.4 Å². The molecule has 7 nitrogen and oxygen atoms in total. The predicted octanol–water partition coefficient (Wildman–Crippen LogP) is 0.410. The maximum Gasteiger partial charge on any atom is 0.326 e. The van der Waals surface area contributed by atoms with Gasteiger partial charge in [-0.05, 0) is 39.0 Å². The Morgan fingerprint density at radius 1 is 1.39 bits per heavy atom. The number of carbonyl (C=O) groups is 3. The molecule has 1 saturated heterocycles. The summed E-state index contributed by atoms with van der Waals surface area (Å²) < 4.78 is 0. The van der Waals surface area contributed by atoms with Gasteiger partial charge >= 0.3 is 5.97 Å². The summed E-state index contributed by atoms with van der Waals surface area (Å²) in [4.78, 5) is 35.2. The highest BCUT2D eigenvalue weighted by Gasteiger charge is 2.40. The fourth-order valence-electron chi connectivity index (χ4n) is 2.99. The van der Waals surface area contributed by atoms with Crippen LogP contribution < -0.4 is 16.4 Å². The minimum Gasteiger partial charge on any atom is -0.480 e. The highest BCUT2D eigenvalue weighted by molar-refractivity contribution is 5.88. The summed E-state index contributed by atoms with van der Waals surface area (Å²) in [5.74, 6) is -1.66. The zero-order valence-electron chi connectivity index (χ0n) is 13.5. The van der Waals surface area contributed by atoms with E-state index in [1.807, 2.05) is 13.8 Å². The number of hydrogen-bond acceptors (Lipinski definition) is 4. The number of carboxylic acids is 1. The first-order valence-electron chi connectivity index (χ1n) is 7.79. The second kappa shape index (κ2) is 7.49. The largest absolute Gasteiger partial charge is 0.480 e. The minimum atomic E-state index is -1.13. The van der Waals surface area contributed by atoms with Gasteiger partial charge in [-0.25, -0.2) is 4.79 Å². The molecule has 2 rings (SSSR count). The van der Waals surface area contributed by atoms with Crippen LogP contribution in [0.5, 0.6) is 0 Å². The summed E-state index contributed by atoms with van der Waals surface area (Å²) in [5, 5.41) is 14.6. The van der Waals surface area contributed by atoms with Gasteiger partial charge in [0.05, 0.1) is 6.04 Å². The molecule has 0 bridgehead atoms. The second-order valence-electron chi connectivity index (χ2n) is 7.19. The van der Waals surface area contributed by atoms with Crippen molar-refractivity contribution in [3.8, 4) is 0 Å². The van der Waals surface area contributed by atoms with Crippen molar-refractivity contribution >= 4 is 30.2 Å². The van der Waals surface area contributed by atoms with E-state index in [1.54, 1.807) is 0 Å². The van der Waals surface area contributed by atoms with Crippen LogP contribution in [-0.4, -0.2) is 40.5 Å². The maximum absolute atomic E-state index is 12.0. The van der Waals surface area contributed by atoms with E-state index in [-0.39, 0.29) is 30.3 Å². The van der Waals surface area contributed by atoms with Crippen LogP contribution >= 0.6 is 12.4 Å². The Bertz CT molecular complexity index is 479. The van der Waals surface area contributed by atoms with Gasteiger partial charge in [0.15, 0.2) is 0 Å². The van der Waals surface area contributed by atoms with Crippen molar-refractivity contribution < 1.29 is 19.5 Å². The summed E-state index contributed by atoms with van der Waals surface area (Å²) in [6, 6.07) is -1.76. The molecule has 0 aromatic rings. The molecule has 1 aliphatic heterocycles. The third-order valence-corrected chi connectivity index (χ3v) is 4.34. The SMILES string of the molecule is CC1(C)CC(CC(NC(=O)C(N)CC2CC2)C(=O)O)C(=O)N1.Cl. The maximum atomic E-state index is 12.0. The van der Waals surface area contributed by atoms with E-state index in [1.165, 1.54) is 0 Å². The number of halogens is 1. The van der Waals surface area contributed by atoms with Crippen molar-refractivity contribution in [2.45, 2.75) is 63.6 Å². The fourth-order valence-corrected chi connectivity index (χ4v) is 2.99. The third-order valence-electron chi connectivity index (χ3n) is 4.34. The van der Waals surface area contributed by atoms with E-state index in [0.717, 1.165) is 12.8 Å². The van der Waals surface area contributed by atoms with Gasteiger partial charge in [-0.15, -0.1) is 12.4 Å². The van der Waals surface area contributed by atoms with Crippen molar-refractivity contribution in [2.75, 3.05) is 0 Å². The summed E-state index contributed by atoms with van der Waals surface area (Å²) in [5.41, 5.74) is 5.46. The highest BCUT2D eigenvalue weighted by atomic mass is 35.5. The van der Waals surface area contributed by atoms with Gasteiger partial charge in [0.2, 0.25) is 11.8 Å². The van der Waals surface area contributed by atoms with Crippen molar-refractivity contribution in [3.63, 3.8) is 0 Å². The number of rotatable bonds is 7. The van der Waals surface area contributed by atoms with E-state index in [4.69, 9.17) is 5.73 Å². The van der Waals surface area contributed by atoms with Gasteiger partial charge < -0.3 is 21.5 Å². The van der Waals surface area contributed by atoms with E-state index >= 15 is 0 Å². The molecule has 1 saturated carbocycles. The normalized spacial score (nSPS) is 25.0. The van der Waals surface area contributed by atoms with Crippen LogP contribution in [0.2, 0.25) is 0 Å². The van der Waals surface area contributed by atoms with Crippen LogP contribution in [0.4, 0.5) is 0 Å². The van der Waals surface area contributed by atoms with Crippen LogP contribution in [0.1, 0.15) is 46.0 Å². The number of hydrogen-bond donors (Lipinski definition) is 4. The number of amides is 2. The Hall–Kier alpha value is -1.34. The van der Waals surface area contributed by atoms with E-state index in [2.05, 4.69) is 10.6 Å². The second-order valence-corrected chi connectivity index (χ2v) is 7.19. The zero-order valence-corrected chi connectivity index (χ0v) is 14.3. The Morgan fingerprint density at radius 2 is 2.00 bits per heavy atom. The first-order chi connectivity index (χ1) is 10.2. The number of carbonyl (C=O) groups excluding carboxylic acids is 2. The lowest BCUT2D eigenvalue weighted by molar-refractivity contribution is -0.142. The van der Waals surface area contributed by atoms with Crippen LogP contribution in [0.3, 0.4) is 0 Å². The van der Waals surface area contributed by atoms with E-state index in [9.17, 15) is 19.5 Å². The molecular weight excluding hydrogens is 322 g/mol. The molecular formula is C15H26ClN3O4. The molecule has 0 radical (unpaired) electrons. The lowest BCUT2D eigenvalue weighted by atomic mass is 9.91. The molecule has 2 amide bonds. The number of aliphatic carboxylic acids is 1. The topological polar surface area (TPSA) is 122 Å². The molecule has 132 valence electrons. The molecule has 0 spiro atoms. The molecule has 1 aliphatic carbocycles.